The maximum atomic E-state index is 13.3. The molecular formula is C31H25ClN2O4. The second kappa shape index (κ2) is 8.71. The number of amides is 1. The van der Waals surface area contributed by atoms with Crippen LogP contribution in [0.1, 0.15) is 59.2 Å². The number of aromatic nitrogens is 1. The molecule has 2 atom stereocenters. The predicted molar refractivity (Wildman–Crippen MR) is 147 cm³/mol. The molecule has 38 heavy (non-hydrogen) atoms. The standard InChI is InChI=1S/C31H25ClN2O4/c1-16(2)19-9-7-17(11-21(19)29(36)37)24-14-31(24)23-12-22(25(32)13-27(23)34-30(31)38)26-10-8-18(15-33-26)20-5-3-4-6-28(20)35/h3-13,15-16,24,35H,14H2,1-2H3,(H,34,38)(H,36,37). The summed E-state index contributed by atoms with van der Waals surface area (Å²) in [6.07, 6.45) is 2.28. The number of aromatic carboxylic acids is 1. The molecule has 6 rings (SSSR count). The van der Waals surface area contributed by atoms with Gasteiger partial charge in [0.1, 0.15) is 5.75 Å². The van der Waals surface area contributed by atoms with Crippen LogP contribution in [0.4, 0.5) is 5.69 Å². The fourth-order valence-corrected chi connectivity index (χ4v) is 5.98. The molecular weight excluding hydrogens is 500 g/mol. The molecule has 1 spiro atoms. The van der Waals surface area contributed by atoms with Gasteiger partial charge in [-0.25, -0.2) is 4.79 Å². The van der Waals surface area contributed by atoms with Gasteiger partial charge in [-0.3, -0.25) is 9.78 Å². The lowest BCUT2D eigenvalue weighted by atomic mass is 9.88. The van der Waals surface area contributed by atoms with E-state index in [0.29, 0.717) is 34.0 Å². The van der Waals surface area contributed by atoms with Gasteiger partial charge in [0.25, 0.3) is 0 Å². The van der Waals surface area contributed by atoms with Crippen LogP contribution in [0.2, 0.25) is 5.02 Å². The van der Waals surface area contributed by atoms with Crippen molar-refractivity contribution in [3.63, 3.8) is 0 Å². The van der Waals surface area contributed by atoms with E-state index in [1.165, 1.54) is 0 Å². The number of pyridine rings is 1. The largest absolute Gasteiger partial charge is 0.507 e. The number of hydrogen-bond donors (Lipinski definition) is 3. The van der Waals surface area contributed by atoms with Gasteiger partial charge in [0.15, 0.2) is 0 Å². The molecule has 2 heterocycles. The zero-order valence-corrected chi connectivity index (χ0v) is 21.6. The molecule has 0 saturated heterocycles. The molecule has 1 saturated carbocycles. The van der Waals surface area contributed by atoms with Crippen molar-refractivity contribution >= 4 is 29.2 Å². The number of phenolic OH excluding ortho intramolecular Hbond substituents is 1. The number of nitrogens with one attached hydrogen (secondary N) is 1. The molecule has 3 N–H and O–H groups in total. The van der Waals surface area contributed by atoms with E-state index in [4.69, 9.17) is 11.6 Å². The van der Waals surface area contributed by atoms with E-state index < -0.39 is 11.4 Å². The molecule has 1 aliphatic carbocycles. The van der Waals surface area contributed by atoms with Crippen molar-refractivity contribution in [1.82, 2.24) is 4.98 Å². The first kappa shape index (κ1) is 24.2. The number of carboxylic acid groups (broad SMARTS) is 1. The Morgan fingerprint density at radius 1 is 1.08 bits per heavy atom. The molecule has 0 bridgehead atoms. The quantitative estimate of drug-likeness (QED) is 0.262. The molecule has 6 nitrogen and oxygen atoms in total. The number of anilines is 1. The molecule has 1 amide bonds. The molecule has 7 heteroatoms. The summed E-state index contributed by atoms with van der Waals surface area (Å²) in [6, 6.07) is 20.0. The molecule has 3 aromatic carbocycles. The number of aromatic hydroxyl groups is 1. The number of carboxylic acids is 1. The molecule has 1 fully saturated rings. The van der Waals surface area contributed by atoms with Gasteiger partial charge < -0.3 is 15.5 Å². The van der Waals surface area contributed by atoms with Gasteiger partial charge >= 0.3 is 5.97 Å². The van der Waals surface area contributed by atoms with Crippen LogP contribution in [0.25, 0.3) is 22.4 Å². The van der Waals surface area contributed by atoms with Crippen LogP contribution in [0, 0.1) is 0 Å². The summed E-state index contributed by atoms with van der Waals surface area (Å²) >= 11 is 6.65. The zero-order valence-electron chi connectivity index (χ0n) is 20.8. The average Bonchev–Trinajstić information content (AvgIpc) is 3.59. The number of benzene rings is 3. The van der Waals surface area contributed by atoms with Crippen molar-refractivity contribution < 1.29 is 19.8 Å². The van der Waals surface area contributed by atoms with Gasteiger partial charge in [0, 0.05) is 34.5 Å². The van der Waals surface area contributed by atoms with Crippen LogP contribution < -0.4 is 5.32 Å². The Bertz CT molecular complexity index is 1630. The minimum Gasteiger partial charge on any atom is -0.507 e. The van der Waals surface area contributed by atoms with Gasteiger partial charge in [0.05, 0.1) is 21.7 Å². The average molecular weight is 525 g/mol. The maximum Gasteiger partial charge on any atom is 0.335 e. The van der Waals surface area contributed by atoms with Crippen molar-refractivity contribution in [2.45, 2.75) is 37.5 Å². The summed E-state index contributed by atoms with van der Waals surface area (Å²) in [6.45, 7) is 3.93. The number of rotatable bonds is 5. The van der Waals surface area contributed by atoms with Crippen molar-refractivity contribution in [3.05, 3.63) is 100 Å². The van der Waals surface area contributed by atoms with Crippen LogP contribution in [0.5, 0.6) is 5.75 Å². The summed E-state index contributed by atoms with van der Waals surface area (Å²) in [5.74, 6) is -0.939. The van der Waals surface area contributed by atoms with E-state index in [1.807, 2.05) is 56.3 Å². The van der Waals surface area contributed by atoms with Crippen molar-refractivity contribution in [1.29, 1.82) is 0 Å². The second-order valence-corrected chi connectivity index (χ2v) is 10.7. The van der Waals surface area contributed by atoms with Gasteiger partial charge in [-0.15, -0.1) is 0 Å². The van der Waals surface area contributed by atoms with Crippen LogP contribution in [0.3, 0.4) is 0 Å². The minimum absolute atomic E-state index is 0.0771. The Hall–Kier alpha value is -4.16. The normalized spacial score (nSPS) is 19.5. The number of phenols is 1. The summed E-state index contributed by atoms with van der Waals surface area (Å²) in [4.78, 5) is 29.8. The fraction of sp³-hybridized carbons (Fsp3) is 0.194. The van der Waals surface area contributed by atoms with Crippen molar-refractivity contribution in [2.75, 3.05) is 5.32 Å². The SMILES string of the molecule is CC(C)c1ccc(C2CC23C(=O)Nc2cc(Cl)c(-c4ccc(-c5ccccc5O)cn4)cc23)cc1C(=O)O. The molecule has 0 radical (unpaired) electrons. The Morgan fingerprint density at radius 3 is 2.55 bits per heavy atom. The van der Waals surface area contributed by atoms with E-state index in [2.05, 4.69) is 10.3 Å². The highest BCUT2D eigenvalue weighted by Gasteiger charge is 2.65. The van der Waals surface area contributed by atoms with Crippen LogP contribution in [0.15, 0.2) is 72.9 Å². The summed E-state index contributed by atoms with van der Waals surface area (Å²) < 4.78 is 0. The fourth-order valence-electron chi connectivity index (χ4n) is 5.72. The topological polar surface area (TPSA) is 99.5 Å². The van der Waals surface area contributed by atoms with Crippen molar-refractivity contribution in [2.24, 2.45) is 0 Å². The van der Waals surface area contributed by atoms with Crippen LogP contribution >= 0.6 is 11.6 Å². The van der Waals surface area contributed by atoms with Gasteiger partial charge in [0.2, 0.25) is 5.91 Å². The first-order valence-corrected chi connectivity index (χ1v) is 12.9. The number of nitrogens with zero attached hydrogens (tertiary/aromatic N) is 1. The van der Waals surface area contributed by atoms with Crippen LogP contribution in [-0.4, -0.2) is 27.1 Å². The van der Waals surface area contributed by atoms with Crippen molar-refractivity contribution in [3.8, 4) is 28.1 Å². The second-order valence-electron chi connectivity index (χ2n) is 10.3. The first-order chi connectivity index (χ1) is 18.2. The van der Waals surface area contributed by atoms with E-state index in [-0.39, 0.29) is 29.1 Å². The summed E-state index contributed by atoms with van der Waals surface area (Å²) in [5, 5.41) is 23.4. The highest BCUT2D eigenvalue weighted by atomic mass is 35.5. The minimum atomic E-state index is -0.964. The molecule has 2 unspecified atom stereocenters. The number of hydrogen-bond acceptors (Lipinski definition) is 4. The Morgan fingerprint density at radius 2 is 1.87 bits per heavy atom. The lowest BCUT2D eigenvalue weighted by Crippen LogP contribution is -2.21. The summed E-state index contributed by atoms with van der Waals surface area (Å²) in [7, 11) is 0. The monoisotopic (exact) mass is 524 g/mol. The van der Waals surface area contributed by atoms with Crippen LogP contribution in [-0.2, 0) is 10.2 Å². The first-order valence-electron chi connectivity index (χ1n) is 12.5. The van der Waals surface area contributed by atoms with E-state index >= 15 is 0 Å². The number of fused-ring (bicyclic) bond motifs is 2. The lowest BCUT2D eigenvalue weighted by Gasteiger charge is -2.14. The van der Waals surface area contributed by atoms with E-state index in [0.717, 1.165) is 22.3 Å². The highest BCUT2D eigenvalue weighted by molar-refractivity contribution is 6.34. The van der Waals surface area contributed by atoms with Gasteiger partial charge in [-0.1, -0.05) is 61.8 Å². The third kappa shape index (κ3) is 3.67. The van der Waals surface area contributed by atoms with E-state index in [1.54, 1.807) is 30.5 Å². The Labute approximate surface area is 224 Å². The summed E-state index contributed by atoms with van der Waals surface area (Å²) in [5.41, 5.74) is 5.48. The zero-order chi connectivity index (χ0) is 26.8. The number of halogens is 1. The molecule has 1 aliphatic heterocycles. The maximum absolute atomic E-state index is 13.3. The highest BCUT2D eigenvalue weighted by Crippen LogP contribution is 2.65. The number of carbonyl (C=O) groups is 2. The molecule has 2 aliphatic rings. The van der Waals surface area contributed by atoms with Gasteiger partial charge in [-0.05, 0) is 59.4 Å². The molecule has 190 valence electrons. The third-order valence-electron chi connectivity index (χ3n) is 7.79. The number of para-hydroxylation sites is 1. The Kier molecular flexibility index (Phi) is 5.54. The molecule has 1 aromatic heterocycles. The van der Waals surface area contributed by atoms with Gasteiger partial charge in [-0.2, -0.15) is 0 Å². The Balaban J connectivity index is 1.38. The number of carbonyl (C=O) groups excluding carboxylic acids is 1. The predicted octanol–water partition coefficient (Wildman–Crippen LogP) is 6.97. The van der Waals surface area contributed by atoms with E-state index in [9.17, 15) is 19.8 Å². The third-order valence-corrected chi connectivity index (χ3v) is 8.10. The lowest BCUT2D eigenvalue weighted by molar-refractivity contribution is -0.118. The smallest absolute Gasteiger partial charge is 0.335 e. The molecule has 4 aromatic rings.